The maximum atomic E-state index is 8.41. The number of anilines is 3. The van der Waals surface area contributed by atoms with Gasteiger partial charge in [0.15, 0.2) is 0 Å². The van der Waals surface area contributed by atoms with Gasteiger partial charge < -0.3 is 22.5 Å². The SMILES string of the molecule is CSC(=N)c1c(N)nc(NC(C=NCC#N)=CN)nc1N. The first-order valence-corrected chi connectivity index (χ1v) is 6.87. The number of allylic oxidation sites excluding steroid dienone is 1. The minimum absolute atomic E-state index is 0.00792. The average Bonchev–Trinajstić information content (AvgIpc) is 2.45. The Balaban J connectivity index is 3.01. The zero-order valence-corrected chi connectivity index (χ0v) is 12.1. The molecule has 0 atom stereocenters. The first kappa shape index (κ1) is 16.3. The molecule has 1 aromatic heterocycles. The van der Waals surface area contributed by atoms with Crippen LogP contribution in [0.1, 0.15) is 5.56 Å². The van der Waals surface area contributed by atoms with Crippen molar-refractivity contribution >= 4 is 40.6 Å². The Labute approximate surface area is 125 Å². The van der Waals surface area contributed by atoms with E-state index in [0.717, 1.165) is 0 Å². The number of hydrogen-bond acceptors (Lipinski definition) is 10. The third kappa shape index (κ3) is 4.36. The molecule has 10 heteroatoms. The normalized spacial score (nSPS) is 11.3. The lowest BCUT2D eigenvalue weighted by Gasteiger charge is -2.11. The first-order chi connectivity index (χ1) is 10.0. The first-order valence-electron chi connectivity index (χ1n) is 5.65. The van der Waals surface area contributed by atoms with E-state index < -0.39 is 0 Å². The molecule has 1 aromatic rings. The van der Waals surface area contributed by atoms with Crippen molar-refractivity contribution in [2.45, 2.75) is 0 Å². The molecule has 0 aliphatic rings. The molecule has 1 rings (SSSR count). The molecule has 0 saturated heterocycles. The second kappa shape index (κ2) is 7.71. The fraction of sp³-hybridized carbons (Fsp3) is 0.182. The summed E-state index contributed by atoms with van der Waals surface area (Å²) in [5.41, 5.74) is 17.7. The van der Waals surface area contributed by atoms with Crippen LogP contribution in [0.3, 0.4) is 0 Å². The number of nitriles is 1. The molecule has 1 heterocycles. The average molecular weight is 305 g/mol. The van der Waals surface area contributed by atoms with Gasteiger partial charge in [-0.3, -0.25) is 10.4 Å². The van der Waals surface area contributed by atoms with Gasteiger partial charge >= 0.3 is 0 Å². The van der Waals surface area contributed by atoms with Crippen LogP contribution in [-0.2, 0) is 0 Å². The van der Waals surface area contributed by atoms with Crippen LogP contribution in [0.2, 0.25) is 0 Å². The van der Waals surface area contributed by atoms with Gasteiger partial charge in [0.25, 0.3) is 0 Å². The second-order valence-electron chi connectivity index (χ2n) is 3.60. The molecule has 0 radical (unpaired) electrons. The Morgan fingerprint density at radius 3 is 2.57 bits per heavy atom. The summed E-state index contributed by atoms with van der Waals surface area (Å²) in [4.78, 5) is 11.8. The van der Waals surface area contributed by atoms with Gasteiger partial charge in [0, 0.05) is 12.4 Å². The highest BCUT2D eigenvalue weighted by Crippen LogP contribution is 2.22. The Kier molecular flexibility index (Phi) is 5.97. The maximum Gasteiger partial charge on any atom is 0.231 e. The molecule has 0 aromatic carbocycles. The smallest absolute Gasteiger partial charge is 0.231 e. The fourth-order valence-electron chi connectivity index (χ4n) is 1.32. The summed E-state index contributed by atoms with van der Waals surface area (Å²) in [5.74, 6) is 0.312. The number of thioether (sulfide) groups is 1. The van der Waals surface area contributed by atoms with Crippen molar-refractivity contribution in [3.63, 3.8) is 0 Å². The molecule has 110 valence electrons. The van der Waals surface area contributed by atoms with E-state index in [1.807, 2.05) is 6.07 Å². The van der Waals surface area contributed by atoms with Gasteiger partial charge in [0.2, 0.25) is 5.95 Å². The summed E-state index contributed by atoms with van der Waals surface area (Å²) < 4.78 is 0. The Bertz CT molecular complexity index is 606. The van der Waals surface area contributed by atoms with Gasteiger partial charge in [0.05, 0.1) is 17.3 Å². The van der Waals surface area contributed by atoms with Crippen molar-refractivity contribution in [2.24, 2.45) is 10.7 Å². The molecule has 0 bridgehead atoms. The van der Waals surface area contributed by atoms with Gasteiger partial charge in [-0.25, -0.2) is 0 Å². The maximum absolute atomic E-state index is 8.41. The van der Waals surface area contributed by atoms with E-state index in [4.69, 9.17) is 27.9 Å². The van der Waals surface area contributed by atoms with E-state index in [9.17, 15) is 0 Å². The van der Waals surface area contributed by atoms with Crippen LogP contribution in [0.15, 0.2) is 16.9 Å². The summed E-state index contributed by atoms with van der Waals surface area (Å²) in [6.07, 6.45) is 4.35. The predicted molar refractivity (Wildman–Crippen MR) is 86.1 cm³/mol. The van der Waals surface area contributed by atoms with Gasteiger partial charge in [-0.1, -0.05) is 0 Å². The molecule has 0 aliphatic carbocycles. The van der Waals surface area contributed by atoms with E-state index >= 15 is 0 Å². The number of nitrogens with zero attached hydrogens (tertiary/aromatic N) is 4. The number of hydrogen-bond donors (Lipinski definition) is 5. The number of nitrogens with two attached hydrogens (primary N) is 3. The molecular formula is C11H15N9S. The lowest BCUT2D eigenvalue weighted by molar-refractivity contribution is 1.16. The second-order valence-corrected chi connectivity index (χ2v) is 4.42. The third-order valence-electron chi connectivity index (χ3n) is 2.22. The van der Waals surface area contributed by atoms with Crippen molar-refractivity contribution in [3.05, 3.63) is 17.5 Å². The zero-order chi connectivity index (χ0) is 15.8. The molecule has 9 nitrogen and oxygen atoms in total. The Morgan fingerprint density at radius 1 is 1.48 bits per heavy atom. The van der Waals surface area contributed by atoms with Crippen LogP contribution in [-0.4, -0.2) is 34.0 Å². The number of aromatic nitrogens is 2. The minimum atomic E-state index is 0.00792. The molecule has 0 amide bonds. The van der Waals surface area contributed by atoms with Crippen LogP contribution in [0.25, 0.3) is 0 Å². The standard InChI is InChI=1S/C11H15N9S/c1-21-10(16)7-8(14)19-11(20-9(7)15)18-6(4-13)5-17-3-2-12/h4-5,16H,3,13H2,1H3,(H5,14,15,18,19,20). The lowest BCUT2D eigenvalue weighted by atomic mass is 10.3. The highest BCUT2D eigenvalue weighted by atomic mass is 32.2. The largest absolute Gasteiger partial charge is 0.403 e. The number of aliphatic imine (C=N–C) groups is 1. The zero-order valence-electron chi connectivity index (χ0n) is 11.3. The third-order valence-corrected chi connectivity index (χ3v) is 2.84. The van der Waals surface area contributed by atoms with E-state index in [-0.39, 0.29) is 29.2 Å². The fourth-order valence-corrected chi connectivity index (χ4v) is 1.73. The quantitative estimate of drug-likeness (QED) is 0.289. The molecule has 0 unspecified atom stereocenters. The van der Waals surface area contributed by atoms with Crippen molar-refractivity contribution in [1.82, 2.24) is 9.97 Å². The van der Waals surface area contributed by atoms with Crippen LogP contribution in [0, 0.1) is 16.7 Å². The van der Waals surface area contributed by atoms with Gasteiger partial charge in [-0.05, 0) is 6.26 Å². The van der Waals surface area contributed by atoms with E-state index in [2.05, 4.69) is 20.3 Å². The van der Waals surface area contributed by atoms with E-state index in [1.165, 1.54) is 24.2 Å². The Morgan fingerprint density at radius 2 is 2.10 bits per heavy atom. The van der Waals surface area contributed by atoms with E-state index in [0.29, 0.717) is 11.3 Å². The van der Waals surface area contributed by atoms with Crippen molar-refractivity contribution < 1.29 is 0 Å². The minimum Gasteiger partial charge on any atom is -0.403 e. The summed E-state index contributed by atoms with van der Waals surface area (Å²) in [6.45, 7) is 0.00792. The van der Waals surface area contributed by atoms with Gasteiger partial charge in [-0.15, -0.1) is 11.8 Å². The number of rotatable bonds is 5. The van der Waals surface area contributed by atoms with E-state index in [1.54, 1.807) is 6.26 Å². The molecule has 0 spiro atoms. The molecule has 0 saturated carbocycles. The van der Waals surface area contributed by atoms with Crippen LogP contribution in [0.5, 0.6) is 0 Å². The number of nitrogen functional groups attached to an aromatic ring is 2. The highest BCUT2D eigenvalue weighted by Gasteiger charge is 2.14. The molecule has 8 N–H and O–H groups in total. The number of nitrogens with one attached hydrogen (secondary N) is 2. The van der Waals surface area contributed by atoms with Crippen LogP contribution >= 0.6 is 11.8 Å². The molecule has 0 fully saturated rings. The summed E-state index contributed by atoms with van der Waals surface area (Å²) in [5, 5.41) is 19.1. The predicted octanol–water partition coefficient (Wildman–Crippen LogP) is 0.136. The topological polar surface area (TPSA) is 176 Å². The monoisotopic (exact) mass is 305 g/mol. The van der Waals surface area contributed by atoms with Crippen molar-refractivity contribution in [3.8, 4) is 6.07 Å². The molecular weight excluding hydrogens is 290 g/mol. The summed E-state index contributed by atoms with van der Waals surface area (Å²) in [6, 6.07) is 1.86. The lowest BCUT2D eigenvalue weighted by Crippen LogP contribution is -2.14. The highest BCUT2D eigenvalue weighted by molar-refractivity contribution is 8.13. The van der Waals surface area contributed by atoms with Gasteiger partial charge in [0.1, 0.15) is 23.2 Å². The van der Waals surface area contributed by atoms with Gasteiger partial charge in [-0.2, -0.15) is 15.2 Å². The van der Waals surface area contributed by atoms with Crippen LogP contribution in [0.4, 0.5) is 17.6 Å². The summed E-state index contributed by atoms with van der Waals surface area (Å²) >= 11 is 1.18. The molecule has 21 heavy (non-hydrogen) atoms. The Hall–Kier alpha value is -2.80. The van der Waals surface area contributed by atoms with Crippen molar-refractivity contribution in [1.29, 1.82) is 10.7 Å². The molecule has 0 aliphatic heterocycles. The van der Waals surface area contributed by atoms with Crippen LogP contribution < -0.4 is 22.5 Å². The summed E-state index contributed by atoms with van der Waals surface area (Å²) in [7, 11) is 0. The van der Waals surface area contributed by atoms with Crippen molar-refractivity contribution in [2.75, 3.05) is 29.6 Å².